The molecule has 3 aromatic rings. The zero-order valence-electron chi connectivity index (χ0n) is 17.6. The lowest BCUT2D eigenvalue weighted by molar-refractivity contribution is -0.113. The second kappa shape index (κ2) is 8.88. The molecular formula is C25H22ClN3O2S. The number of furan rings is 1. The molecule has 3 heterocycles. The van der Waals surface area contributed by atoms with Crippen molar-refractivity contribution >= 4 is 46.2 Å². The molecule has 0 radical (unpaired) electrons. The highest BCUT2D eigenvalue weighted by Crippen LogP contribution is 2.32. The zero-order valence-corrected chi connectivity index (χ0v) is 19.2. The maximum atomic E-state index is 12.5. The maximum Gasteiger partial charge on any atom is 0.286 e. The summed E-state index contributed by atoms with van der Waals surface area (Å²) in [6, 6.07) is 19.9. The number of nitrogens with zero attached hydrogens (tertiary/aromatic N) is 3. The van der Waals surface area contributed by atoms with Gasteiger partial charge in [0.25, 0.3) is 5.91 Å². The Labute approximate surface area is 196 Å². The molecule has 0 spiro atoms. The number of rotatable bonds is 3. The van der Waals surface area contributed by atoms with Crippen LogP contribution >= 0.6 is 23.4 Å². The summed E-state index contributed by atoms with van der Waals surface area (Å²) in [5.74, 6) is 1.22. The number of amides is 1. The monoisotopic (exact) mass is 463 g/mol. The van der Waals surface area contributed by atoms with Crippen molar-refractivity contribution in [2.45, 2.75) is 6.92 Å². The van der Waals surface area contributed by atoms with Crippen LogP contribution in [0, 0.1) is 6.92 Å². The van der Waals surface area contributed by atoms with Gasteiger partial charge in [-0.05, 0) is 49.0 Å². The molecule has 0 bridgehead atoms. The minimum atomic E-state index is -0.212. The SMILES string of the molecule is Cc1ccc(-c2ccc(/C=C3/SC(N4CCN(c5cccc(Cl)c5)CC4)=NC3=O)o2)cc1. The van der Waals surface area contributed by atoms with Crippen molar-refractivity contribution in [2.75, 3.05) is 31.1 Å². The fourth-order valence-corrected chi connectivity index (χ4v) is 4.92. The molecule has 5 rings (SSSR count). The van der Waals surface area contributed by atoms with Crippen LogP contribution in [0.2, 0.25) is 5.02 Å². The van der Waals surface area contributed by atoms with E-state index in [1.165, 1.54) is 17.3 Å². The molecule has 0 N–H and O–H groups in total. The molecule has 0 unspecified atom stereocenters. The molecule has 5 nitrogen and oxygen atoms in total. The van der Waals surface area contributed by atoms with Gasteiger partial charge in [0.1, 0.15) is 11.5 Å². The number of amidine groups is 1. The number of anilines is 1. The number of aryl methyl sites for hydroxylation is 1. The van der Waals surface area contributed by atoms with Crippen molar-refractivity contribution in [1.82, 2.24) is 4.90 Å². The van der Waals surface area contributed by atoms with Crippen LogP contribution in [0.1, 0.15) is 11.3 Å². The summed E-state index contributed by atoms with van der Waals surface area (Å²) in [7, 11) is 0. The number of hydrogen-bond donors (Lipinski definition) is 0. The Bertz CT molecular complexity index is 1210. The van der Waals surface area contributed by atoms with Crippen molar-refractivity contribution in [2.24, 2.45) is 4.99 Å². The second-order valence-electron chi connectivity index (χ2n) is 7.83. The Balaban J connectivity index is 1.23. The van der Waals surface area contributed by atoms with Gasteiger partial charge in [0.05, 0.1) is 4.91 Å². The molecule has 2 aliphatic heterocycles. The van der Waals surface area contributed by atoms with Crippen molar-refractivity contribution in [3.63, 3.8) is 0 Å². The normalized spacial score (nSPS) is 17.9. The van der Waals surface area contributed by atoms with E-state index in [1.807, 2.05) is 42.5 Å². The van der Waals surface area contributed by atoms with Crippen molar-refractivity contribution in [1.29, 1.82) is 0 Å². The molecular weight excluding hydrogens is 442 g/mol. The van der Waals surface area contributed by atoms with Crippen molar-refractivity contribution < 1.29 is 9.21 Å². The Morgan fingerprint density at radius 2 is 1.75 bits per heavy atom. The van der Waals surface area contributed by atoms with E-state index in [2.05, 4.69) is 39.9 Å². The molecule has 162 valence electrons. The van der Waals surface area contributed by atoms with Crippen LogP contribution in [-0.4, -0.2) is 42.2 Å². The van der Waals surface area contributed by atoms with Crippen molar-refractivity contribution in [3.8, 4) is 11.3 Å². The first kappa shape index (κ1) is 20.9. The minimum absolute atomic E-state index is 0.212. The van der Waals surface area contributed by atoms with Gasteiger partial charge in [0.2, 0.25) is 0 Å². The fraction of sp³-hybridized carbons (Fsp3) is 0.200. The smallest absolute Gasteiger partial charge is 0.286 e. The summed E-state index contributed by atoms with van der Waals surface area (Å²) >= 11 is 7.54. The third-order valence-electron chi connectivity index (χ3n) is 5.57. The first-order valence-electron chi connectivity index (χ1n) is 10.5. The number of carbonyl (C=O) groups excluding carboxylic acids is 1. The molecule has 0 aliphatic carbocycles. The largest absolute Gasteiger partial charge is 0.457 e. The summed E-state index contributed by atoms with van der Waals surface area (Å²) in [5, 5.41) is 1.50. The lowest BCUT2D eigenvalue weighted by atomic mass is 10.1. The number of carbonyl (C=O) groups is 1. The summed E-state index contributed by atoms with van der Waals surface area (Å²) in [5.41, 5.74) is 3.34. The number of hydrogen-bond acceptors (Lipinski definition) is 5. The van der Waals surface area contributed by atoms with Gasteiger partial charge in [-0.25, -0.2) is 0 Å². The molecule has 1 saturated heterocycles. The minimum Gasteiger partial charge on any atom is -0.457 e. The Kier molecular flexibility index (Phi) is 5.81. The number of aliphatic imine (C=N–C) groups is 1. The average molecular weight is 464 g/mol. The predicted octanol–water partition coefficient (Wildman–Crippen LogP) is 5.70. The van der Waals surface area contributed by atoms with Gasteiger partial charge in [0.15, 0.2) is 5.17 Å². The van der Waals surface area contributed by atoms with E-state index in [9.17, 15) is 4.79 Å². The van der Waals surface area contributed by atoms with E-state index in [-0.39, 0.29) is 5.91 Å². The van der Waals surface area contributed by atoms with Gasteiger partial charge in [0, 0.05) is 48.5 Å². The van der Waals surface area contributed by atoms with E-state index in [0.717, 1.165) is 53.4 Å². The molecule has 1 amide bonds. The fourth-order valence-electron chi connectivity index (χ4n) is 3.79. The van der Waals surface area contributed by atoms with Crippen LogP contribution in [0.15, 0.2) is 75.0 Å². The second-order valence-corrected chi connectivity index (χ2v) is 9.28. The van der Waals surface area contributed by atoms with Crippen LogP contribution < -0.4 is 4.90 Å². The molecule has 2 aromatic carbocycles. The van der Waals surface area contributed by atoms with E-state index < -0.39 is 0 Å². The van der Waals surface area contributed by atoms with E-state index in [4.69, 9.17) is 16.0 Å². The summed E-state index contributed by atoms with van der Waals surface area (Å²) in [6.07, 6.45) is 1.78. The lowest BCUT2D eigenvalue weighted by Crippen LogP contribution is -2.47. The van der Waals surface area contributed by atoms with Crippen molar-refractivity contribution in [3.05, 3.63) is 81.9 Å². The summed E-state index contributed by atoms with van der Waals surface area (Å²) in [6.45, 7) is 5.37. The lowest BCUT2D eigenvalue weighted by Gasteiger charge is -2.36. The zero-order chi connectivity index (χ0) is 22.1. The predicted molar refractivity (Wildman–Crippen MR) is 132 cm³/mol. The van der Waals surface area contributed by atoms with E-state index in [1.54, 1.807) is 6.08 Å². The molecule has 2 aliphatic rings. The molecule has 32 heavy (non-hydrogen) atoms. The van der Waals surface area contributed by atoms with Gasteiger partial charge < -0.3 is 14.2 Å². The van der Waals surface area contributed by atoms with E-state index >= 15 is 0 Å². The quantitative estimate of drug-likeness (QED) is 0.466. The maximum absolute atomic E-state index is 12.5. The van der Waals surface area contributed by atoms with E-state index in [0.29, 0.717) is 10.7 Å². The molecule has 0 saturated carbocycles. The number of piperazine rings is 1. The van der Waals surface area contributed by atoms with Gasteiger partial charge in [-0.3, -0.25) is 4.79 Å². The highest BCUT2D eigenvalue weighted by molar-refractivity contribution is 8.18. The molecule has 7 heteroatoms. The molecule has 1 aromatic heterocycles. The average Bonchev–Trinajstić information content (AvgIpc) is 3.42. The Morgan fingerprint density at radius 1 is 1.00 bits per heavy atom. The van der Waals surface area contributed by atoms with Crippen LogP contribution in [0.4, 0.5) is 5.69 Å². The molecule has 0 atom stereocenters. The highest BCUT2D eigenvalue weighted by atomic mass is 35.5. The van der Waals surface area contributed by atoms with Gasteiger partial charge in [-0.2, -0.15) is 4.99 Å². The first-order chi connectivity index (χ1) is 15.5. The third kappa shape index (κ3) is 4.47. The van der Waals surface area contributed by atoms with Gasteiger partial charge in [-0.15, -0.1) is 0 Å². The third-order valence-corrected chi connectivity index (χ3v) is 6.85. The van der Waals surface area contributed by atoms with Crippen LogP contribution in [0.25, 0.3) is 17.4 Å². The Morgan fingerprint density at radius 3 is 2.50 bits per heavy atom. The Hall–Kier alpha value is -2.96. The van der Waals surface area contributed by atoms with Gasteiger partial charge in [-0.1, -0.05) is 47.5 Å². The van der Waals surface area contributed by atoms with Crippen LogP contribution in [0.3, 0.4) is 0 Å². The summed E-state index contributed by atoms with van der Waals surface area (Å²) in [4.78, 5) is 21.9. The number of thioether (sulfide) groups is 1. The molecule has 1 fully saturated rings. The van der Waals surface area contributed by atoms with Crippen LogP contribution in [-0.2, 0) is 4.79 Å². The number of halogens is 1. The topological polar surface area (TPSA) is 49.0 Å². The van der Waals surface area contributed by atoms with Gasteiger partial charge >= 0.3 is 0 Å². The standard InChI is InChI=1S/C25H22ClN3O2S/c1-17-5-7-18(8-6-17)22-10-9-21(31-22)16-23-24(30)27-25(32-23)29-13-11-28(12-14-29)20-4-2-3-19(26)15-20/h2-10,15-16H,11-14H2,1H3/b23-16+. The summed E-state index contributed by atoms with van der Waals surface area (Å²) < 4.78 is 5.95. The highest BCUT2D eigenvalue weighted by Gasteiger charge is 2.29. The number of benzene rings is 2. The first-order valence-corrected chi connectivity index (χ1v) is 11.7. The van der Waals surface area contributed by atoms with Crippen LogP contribution in [0.5, 0.6) is 0 Å².